The Bertz CT molecular complexity index is 155. The van der Waals surface area contributed by atoms with Gasteiger partial charge >= 0.3 is 0 Å². The standard InChI is InChI=1S/C6H11NO3/c1-6(2)7(5(8)9)3-4-10-6/h3-4H2,1-2H3,(H,8,9)/p-1. The highest BCUT2D eigenvalue weighted by Crippen LogP contribution is 2.20. The summed E-state index contributed by atoms with van der Waals surface area (Å²) in [5.74, 6) is 0. The van der Waals surface area contributed by atoms with Gasteiger partial charge < -0.3 is 19.5 Å². The lowest BCUT2D eigenvalue weighted by Crippen LogP contribution is -2.49. The van der Waals surface area contributed by atoms with Crippen LogP contribution in [-0.2, 0) is 4.74 Å². The van der Waals surface area contributed by atoms with E-state index in [0.29, 0.717) is 13.2 Å². The van der Waals surface area contributed by atoms with Crippen LogP contribution in [0.1, 0.15) is 13.8 Å². The molecule has 0 aliphatic carbocycles. The summed E-state index contributed by atoms with van der Waals surface area (Å²) in [7, 11) is 0. The largest absolute Gasteiger partial charge is 0.530 e. The molecule has 0 saturated carbocycles. The van der Waals surface area contributed by atoms with Gasteiger partial charge in [-0.05, 0) is 13.8 Å². The monoisotopic (exact) mass is 144 g/mol. The van der Waals surface area contributed by atoms with Crippen molar-refractivity contribution in [1.29, 1.82) is 0 Å². The zero-order valence-corrected chi connectivity index (χ0v) is 6.09. The molecule has 58 valence electrons. The molecule has 0 radical (unpaired) electrons. The van der Waals surface area contributed by atoms with Crippen molar-refractivity contribution in [3.05, 3.63) is 0 Å². The third-order valence-electron chi connectivity index (χ3n) is 1.64. The number of hydrogen-bond donors (Lipinski definition) is 0. The second-order valence-corrected chi connectivity index (χ2v) is 2.71. The zero-order valence-electron chi connectivity index (χ0n) is 6.09. The summed E-state index contributed by atoms with van der Waals surface area (Å²) in [5, 5.41) is 10.4. The second-order valence-electron chi connectivity index (χ2n) is 2.71. The van der Waals surface area contributed by atoms with Gasteiger partial charge in [0.15, 0.2) is 0 Å². The van der Waals surface area contributed by atoms with Gasteiger partial charge in [0.2, 0.25) is 0 Å². The van der Waals surface area contributed by atoms with Gasteiger partial charge in [-0.15, -0.1) is 0 Å². The van der Waals surface area contributed by atoms with Gasteiger partial charge in [0.25, 0.3) is 0 Å². The van der Waals surface area contributed by atoms with Crippen molar-refractivity contribution in [2.45, 2.75) is 19.6 Å². The highest BCUT2D eigenvalue weighted by Gasteiger charge is 2.32. The van der Waals surface area contributed by atoms with E-state index in [1.165, 1.54) is 4.90 Å². The van der Waals surface area contributed by atoms with E-state index >= 15 is 0 Å². The molecule has 0 aromatic rings. The van der Waals surface area contributed by atoms with Crippen molar-refractivity contribution in [2.24, 2.45) is 0 Å². The number of rotatable bonds is 0. The van der Waals surface area contributed by atoms with Gasteiger partial charge in [-0.2, -0.15) is 0 Å². The fourth-order valence-electron chi connectivity index (χ4n) is 1.04. The Morgan fingerprint density at radius 1 is 1.70 bits per heavy atom. The summed E-state index contributed by atoms with van der Waals surface area (Å²) < 4.78 is 5.12. The lowest BCUT2D eigenvalue weighted by molar-refractivity contribution is -0.274. The third-order valence-corrected chi connectivity index (χ3v) is 1.64. The number of carbonyl (C=O) groups excluding carboxylic acids is 1. The van der Waals surface area contributed by atoms with Crippen molar-refractivity contribution in [1.82, 2.24) is 4.90 Å². The molecule has 0 unspecified atom stereocenters. The molecule has 1 rings (SSSR count). The van der Waals surface area contributed by atoms with E-state index in [4.69, 9.17) is 4.74 Å². The Kier molecular flexibility index (Phi) is 1.56. The molecule has 0 bridgehead atoms. The summed E-state index contributed by atoms with van der Waals surface area (Å²) in [6.07, 6.45) is -1.16. The van der Waals surface area contributed by atoms with E-state index in [1.54, 1.807) is 13.8 Å². The van der Waals surface area contributed by atoms with Gasteiger partial charge in [0, 0.05) is 6.54 Å². The van der Waals surface area contributed by atoms with Crippen LogP contribution in [0.25, 0.3) is 0 Å². The lowest BCUT2D eigenvalue weighted by atomic mass is 10.3. The van der Waals surface area contributed by atoms with E-state index in [0.717, 1.165) is 0 Å². The Hall–Kier alpha value is -0.770. The average Bonchev–Trinajstić information content (AvgIpc) is 2.08. The first-order valence-corrected chi connectivity index (χ1v) is 3.16. The average molecular weight is 144 g/mol. The number of nitrogens with zero attached hydrogens (tertiary/aromatic N) is 1. The van der Waals surface area contributed by atoms with Gasteiger partial charge in [-0.25, -0.2) is 0 Å². The predicted octanol–water partition coefficient (Wildman–Crippen LogP) is -0.602. The molecule has 1 aliphatic rings. The molecule has 1 amide bonds. The normalized spacial score (nSPS) is 23.2. The summed E-state index contributed by atoms with van der Waals surface area (Å²) in [6, 6.07) is 0. The van der Waals surface area contributed by atoms with Crippen LogP contribution in [0, 0.1) is 0 Å². The minimum Gasteiger partial charge on any atom is -0.530 e. The zero-order chi connectivity index (χ0) is 7.78. The van der Waals surface area contributed by atoms with Crippen LogP contribution in [0.3, 0.4) is 0 Å². The fraction of sp³-hybridized carbons (Fsp3) is 0.833. The lowest BCUT2D eigenvalue weighted by Gasteiger charge is -2.31. The number of carbonyl (C=O) groups is 1. The SMILES string of the molecule is CC1(C)OCCN1C(=O)[O-]. The van der Waals surface area contributed by atoms with Gasteiger partial charge in [-0.1, -0.05) is 0 Å². The van der Waals surface area contributed by atoms with E-state index in [-0.39, 0.29) is 0 Å². The maximum absolute atomic E-state index is 10.4. The van der Waals surface area contributed by atoms with Gasteiger partial charge in [0.05, 0.1) is 6.61 Å². The molecule has 4 heteroatoms. The van der Waals surface area contributed by atoms with Gasteiger partial charge in [0.1, 0.15) is 11.8 Å². The Morgan fingerprint density at radius 2 is 2.30 bits per heavy atom. The first kappa shape index (κ1) is 7.34. The Labute approximate surface area is 59.4 Å². The summed E-state index contributed by atoms with van der Waals surface area (Å²) in [5.41, 5.74) is -0.696. The van der Waals surface area contributed by atoms with E-state index in [9.17, 15) is 9.90 Å². The van der Waals surface area contributed by atoms with Crippen molar-refractivity contribution in [3.8, 4) is 0 Å². The minimum atomic E-state index is -1.16. The Morgan fingerprint density at radius 3 is 2.50 bits per heavy atom. The maximum atomic E-state index is 10.4. The highest BCUT2D eigenvalue weighted by molar-refractivity contribution is 5.63. The first-order chi connectivity index (χ1) is 4.54. The second kappa shape index (κ2) is 2.12. The number of hydrogen-bond acceptors (Lipinski definition) is 3. The number of ether oxygens (including phenoxy) is 1. The molecular weight excluding hydrogens is 134 g/mol. The van der Waals surface area contributed by atoms with E-state index in [1.807, 2.05) is 0 Å². The molecule has 0 aromatic carbocycles. The van der Waals surface area contributed by atoms with Crippen LogP contribution in [0.5, 0.6) is 0 Å². The Balaban J connectivity index is 2.68. The van der Waals surface area contributed by atoms with Crippen LogP contribution < -0.4 is 5.11 Å². The summed E-state index contributed by atoms with van der Waals surface area (Å²) in [4.78, 5) is 11.5. The van der Waals surface area contributed by atoms with E-state index < -0.39 is 11.8 Å². The highest BCUT2D eigenvalue weighted by atomic mass is 16.5. The first-order valence-electron chi connectivity index (χ1n) is 3.16. The summed E-state index contributed by atoms with van der Waals surface area (Å²) >= 11 is 0. The van der Waals surface area contributed by atoms with Crippen molar-refractivity contribution in [3.63, 3.8) is 0 Å². The van der Waals surface area contributed by atoms with Crippen LogP contribution in [-0.4, -0.2) is 29.9 Å². The maximum Gasteiger partial charge on any atom is 0.139 e. The number of carboxylic acid groups (broad SMARTS) is 1. The van der Waals surface area contributed by atoms with Crippen molar-refractivity contribution < 1.29 is 14.6 Å². The smallest absolute Gasteiger partial charge is 0.139 e. The fourth-order valence-corrected chi connectivity index (χ4v) is 1.04. The molecule has 1 saturated heterocycles. The molecule has 1 aliphatic heterocycles. The van der Waals surface area contributed by atoms with Gasteiger partial charge in [-0.3, -0.25) is 0 Å². The van der Waals surface area contributed by atoms with E-state index in [2.05, 4.69) is 0 Å². The van der Waals surface area contributed by atoms with Crippen LogP contribution >= 0.6 is 0 Å². The molecule has 0 N–H and O–H groups in total. The van der Waals surface area contributed by atoms with Crippen LogP contribution in [0.2, 0.25) is 0 Å². The molecule has 10 heavy (non-hydrogen) atoms. The molecule has 0 aromatic heterocycles. The van der Waals surface area contributed by atoms with Crippen molar-refractivity contribution >= 4 is 6.09 Å². The molecule has 0 spiro atoms. The molecule has 1 fully saturated rings. The molecular formula is C6H10NO3-. The van der Waals surface area contributed by atoms with Crippen LogP contribution in [0.15, 0.2) is 0 Å². The minimum absolute atomic E-state index is 0.412. The molecule has 0 atom stereocenters. The number of amides is 1. The topological polar surface area (TPSA) is 52.6 Å². The molecule has 4 nitrogen and oxygen atoms in total. The molecule has 1 heterocycles. The van der Waals surface area contributed by atoms with Crippen molar-refractivity contribution in [2.75, 3.05) is 13.2 Å². The third kappa shape index (κ3) is 1.07. The summed E-state index contributed by atoms with van der Waals surface area (Å²) in [6.45, 7) is 4.28. The quantitative estimate of drug-likeness (QED) is 0.456. The van der Waals surface area contributed by atoms with Crippen LogP contribution in [0.4, 0.5) is 4.79 Å². The predicted molar refractivity (Wildman–Crippen MR) is 32.1 cm³/mol.